The predicted octanol–water partition coefficient (Wildman–Crippen LogP) is 1.44. The van der Waals surface area contributed by atoms with Crippen LogP contribution in [0, 0.1) is 0 Å². The molecule has 1 aliphatic rings. The van der Waals surface area contributed by atoms with E-state index in [0.717, 1.165) is 12.8 Å². The number of Topliss-reactive ketones (excluding diaryl/α,β-unsaturated/α-hetero) is 1. The van der Waals surface area contributed by atoms with E-state index in [1.54, 1.807) is 12.1 Å². The lowest BCUT2D eigenvalue weighted by Gasteiger charge is -2.19. The van der Waals surface area contributed by atoms with Crippen molar-refractivity contribution < 1.29 is 17.9 Å². The highest BCUT2D eigenvalue weighted by atomic mass is 32.2. The first-order valence-electron chi connectivity index (χ1n) is 6.20. The minimum Gasteiger partial charge on any atom is -0.497 e. The van der Waals surface area contributed by atoms with Gasteiger partial charge in [-0.15, -0.1) is 0 Å². The number of nitrogens with zero attached hydrogens (tertiary/aromatic N) is 1. The van der Waals surface area contributed by atoms with Crippen LogP contribution in [0.5, 0.6) is 5.75 Å². The number of sulfonamides is 1. The molecule has 2 rings (SSSR count). The van der Waals surface area contributed by atoms with E-state index in [2.05, 4.69) is 0 Å². The molecule has 0 spiro atoms. The number of hydrogen-bond acceptors (Lipinski definition) is 4. The molecule has 5 nitrogen and oxygen atoms in total. The van der Waals surface area contributed by atoms with E-state index in [0.29, 0.717) is 18.7 Å². The fourth-order valence-corrected chi connectivity index (χ4v) is 3.53. The van der Waals surface area contributed by atoms with Crippen LogP contribution in [0.4, 0.5) is 0 Å². The van der Waals surface area contributed by atoms with Crippen LogP contribution in [0.15, 0.2) is 29.2 Å². The Morgan fingerprint density at radius 1 is 1.16 bits per heavy atom. The van der Waals surface area contributed by atoms with E-state index in [-0.39, 0.29) is 17.2 Å². The molecule has 1 heterocycles. The third kappa shape index (κ3) is 3.13. The number of carbonyl (C=O) groups excluding carboxylic acids is 1. The minimum absolute atomic E-state index is 0.0189. The molecule has 0 atom stereocenters. The molecule has 19 heavy (non-hydrogen) atoms. The van der Waals surface area contributed by atoms with Gasteiger partial charge in [0.05, 0.1) is 18.6 Å². The number of ketones is 1. The van der Waals surface area contributed by atoms with Gasteiger partial charge in [0.15, 0.2) is 0 Å². The molecule has 0 aliphatic carbocycles. The van der Waals surface area contributed by atoms with Crippen LogP contribution in [0.3, 0.4) is 0 Å². The summed E-state index contributed by atoms with van der Waals surface area (Å²) in [5.41, 5.74) is 0. The maximum atomic E-state index is 12.4. The van der Waals surface area contributed by atoms with Crippen LogP contribution in [0.2, 0.25) is 0 Å². The van der Waals surface area contributed by atoms with E-state index in [4.69, 9.17) is 4.74 Å². The number of ether oxygens (including phenoxy) is 1. The van der Waals surface area contributed by atoms with Crippen LogP contribution in [-0.2, 0) is 14.8 Å². The number of hydrogen-bond donors (Lipinski definition) is 0. The zero-order valence-electron chi connectivity index (χ0n) is 10.8. The molecule has 0 amide bonds. The van der Waals surface area contributed by atoms with Crippen molar-refractivity contribution in [2.45, 2.75) is 24.2 Å². The molecule has 0 aromatic heterocycles. The van der Waals surface area contributed by atoms with Crippen molar-refractivity contribution in [3.63, 3.8) is 0 Å². The summed E-state index contributed by atoms with van der Waals surface area (Å²) in [6.45, 7) is 0.383. The summed E-state index contributed by atoms with van der Waals surface area (Å²) in [7, 11) is -2.06. The van der Waals surface area contributed by atoms with E-state index in [1.807, 2.05) is 0 Å². The summed E-state index contributed by atoms with van der Waals surface area (Å²) in [4.78, 5) is 11.7. The van der Waals surface area contributed by atoms with Crippen LogP contribution >= 0.6 is 0 Å². The van der Waals surface area contributed by atoms with Gasteiger partial charge in [-0.25, -0.2) is 8.42 Å². The molecular weight excluding hydrogens is 266 g/mol. The van der Waals surface area contributed by atoms with Crippen molar-refractivity contribution >= 4 is 15.8 Å². The van der Waals surface area contributed by atoms with E-state index in [1.165, 1.54) is 23.5 Å². The zero-order valence-corrected chi connectivity index (χ0v) is 11.6. The molecule has 1 aromatic rings. The van der Waals surface area contributed by atoms with Gasteiger partial charge in [0.25, 0.3) is 0 Å². The molecule has 1 saturated heterocycles. The zero-order chi connectivity index (χ0) is 13.9. The monoisotopic (exact) mass is 283 g/mol. The third-order valence-electron chi connectivity index (χ3n) is 3.16. The Kier molecular flexibility index (Phi) is 4.21. The normalized spacial score (nSPS) is 18.1. The highest BCUT2D eigenvalue weighted by Gasteiger charge is 2.27. The van der Waals surface area contributed by atoms with Gasteiger partial charge in [0.2, 0.25) is 10.0 Å². The first kappa shape index (κ1) is 14.0. The second-order valence-corrected chi connectivity index (χ2v) is 6.45. The summed E-state index contributed by atoms with van der Waals surface area (Å²) in [6.07, 6.45) is 1.95. The first-order valence-corrected chi connectivity index (χ1v) is 7.64. The molecule has 1 fully saturated rings. The van der Waals surface area contributed by atoms with E-state index in [9.17, 15) is 13.2 Å². The topological polar surface area (TPSA) is 63.7 Å². The fourth-order valence-electron chi connectivity index (χ4n) is 2.07. The van der Waals surface area contributed by atoms with Gasteiger partial charge >= 0.3 is 0 Å². The SMILES string of the molecule is COc1ccc(S(=O)(=O)N2CCCCC(=O)C2)cc1. The van der Waals surface area contributed by atoms with Gasteiger partial charge in [-0.3, -0.25) is 4.79 Å². The number of methoxy groups -OCH3 is 1. The molecular formula is C13H17NO4S. The standard InChI is InChI=1S/C13H17NO4S/c1-18-12-5-7-13(8-6-12)19(16,17)14-9-3-2-4-11(15)10-14/h5-8H,2-4,9-10H2,1H3. The average Bonchev–Trinajstić information content (AvgIpc) is 2.64. The van der Waals surface area contributed by atoms with Crippen LogP contribution < -0.4 is 4.74 Å². The second kappa shape index (κ2) is 5.71. The largest absolute Gasteiger partial charge is 0.497 e. The Morgan fingerprint density at radius 2 is 1.84 bits per heavy atom. The number of carbonyl (C=O) groups is 1. The Morgan fingerprint density at radius 3 is 2.47 bits per heavy atom. The maximum Gasteiger partial charge on any atom is 0.243 e. The number of benzene rings is 1. The lowest BCUT2D eigenvalue weighted by molar-refractivity contribution is -0.118. The highest BCUT2D eigenvalue weighted by Crippen LogP contribution is 2.21. The van der Waals surface area contributed by atoms with Crippen LogP contribution in [-0.4, -0.2) is 38.7 Å². The Labute approximate surface area is 113 Å². The lowest BCUT2D eigenvalue weighted by Crippen LogP contribution is -2.34. The predicted molar refractivity (Wildman–Crippen MR) is 70.6 cm³/mol. The van der Waals surface area contributed by atoms with E-state index < -0.39 is 10.0 Å². The summed E-state index contributed by atoms with van der Waals surface area (Å²) < 4.78 is 31.1. The van der Waals surface area contributed by atoms with Gasteiger partial charge in [-0.05, 0) is 37.1 Å². The molecule has 0 bridgehead atoms. The molecule has 0 radical (unpaired) electrons. The first-order chi connectivity index (χ1) is 9.04. The maximum absolute atomic E-state index is 12.4. The lowest BCUT2D eigenvalue weighted by atomic mass is 10.2. The number of rotatable bonds is 3. The smallest absolute Gasteiger partial charge is 0.243 e. The van der Waals surface area contributed by atoms with Gasteiger partial charge in [0, 0.05) is 13.0 Å². The Balaban J connectivity index is 2.26. The summed E-state index contributed by atoms with van der Waals surface area (Å²) in [6, 6.07) is 6.21. The Bertz CT molecular complexity index is 551. The van der Waals surface area contributed by atoms with Crippen molar-refractivity contribution in [2.24, 2.45) is 0 Å². The minimum atomic E-state index is -3.59. The van der Waals surface area contributed by atoms with Crippen LogP contribution in [0.25, 0.3) is 0 Å². The average molecular weight is 283 g/mol. The molecule has 0 unspecified atom stereocenters. The molecule has 6 heteroatoms. The highest BCUT2D eigenvalue weighted by molar-refractivity contribution is 7.89. The molecule has 104 valence electrons. The van der Waals surface area contributed by atoms with Crippen molar-refractivity contribution in [3.8, 4) is 5.75 Å². The second-order valence-electron chi connectivity index (χ2n) is 4.51. The molecule has 0 N–H and O–H groups in total. The quantitative estimate of drug-likeness (QED) is 0.842. The van der Waals surface area contributed by atoms with Crippen molar-refractivity contribution in [2.75, 3.05) is 20.2 Å². The van der Waals surface area contributed by atoms with Crippen molar-refractivity contribution in [1.29, 1.82) is 0 Å². The summed E-state index contributed by atoms with van der Waals surface area (Å²) >= 11 is 0. The molecule has 0 saturated carbocycles. The van der Waals surface area contributed by atoms with Crippen molar-refractivity contribution in [1.82, 2.24) is 4.31 Å². The Hall–Kier alpha value is -1.40. The van der Waals surface area contributed by atoms with Crippen molar-refractivity contribution in [3.05, 3.63) is 24.3 Å². The third-order valence-corrected chi connectivity index (χ3v) is 5.02. The van der Waals surface area contributed by atoms with Gasteiger partial charge in [-0.1, -0.05) is 0 Å². The molecule has 1 aliphatic heterocycles. The van der Waals surface area contributed by atoms with Gasteiger partial charge in [0.1, 0.15) is 11.5 Å². The summed E-state index contributed by atoms with van der Waals surface area (Å²) in [5, 5.41) is 0. The van der Waals surface area contributed by atoms with Gasteiger partial charge < -0.3 is 4.74 Å². The fraction of sp³-hybridized carbons (Fsp3) is 0.462. The van der Waals surface area contributed by atoms with Crippen LogP contribution in [0.1, 0.15) is 19.3 Å². The summed E-state index contributed by atoms with van der Waals surface area (Å²) in [5.74, 6) is 0.584. The van der Waals surface area contributed by atoms with E-state index >= 15 is 0 Å². The van der Waals surface area contributed by atoms with Gasteiger partial charge in [-0.2, -0.15) is 4.31 Å². The molecule has 1 aromatic carbocycles.